The summed E-state index contributed by atoms with van der Waals surface area (Å²) in [4.78, 5) is 1.54. The molecule has 0 aliphatic carbocycles. The first-order chi connectivity index (χ1) is 7.01. The number of nitrogens with one attached hydrogen (secondary N) is 1. The molecule has 0 saturated carbocycles. The minimum Gasteiger partial charge on any atom is -0.319 e. The van der Waals surface area contributed by atoms with Crippen molar-refractivity contribution in [1.29, 1.82) is 0 Å². The maximum absolute atomic E-state index is 12.2. The van der Waals surface area contributed by atoms with E-state index in [-0.39, 0.29) is 0 Å². The zero-order valence-corrected chi connectivity index (χ0v) is 9.11. The van der Waals surface area contributed by atoms with E-state index in [0.717, 1.165) is 25.8 Å². The number of rotatable bonds is 3. The van der Waals surface area contributed by atoms with Crippen LogP contribution in [-0.4, -0.2) is 44.3 Å². The molecule has 0 spiro atoms. The Balaban J connectivity index is 2.42. The number of hydrogen-bond acceptors (Lipinski definition) is 2. The Morgan fingerprint density at radius 2 is 2.07 bits per heavy atom. The van der Waals surface area contributed by atoms with Gasteiger partial charge in [0.25, 0.3) is 0 Å². The fraction of sp³-hybridized carbons (Fsp3) is 1.00. The number of hydrogen-bond donors (Lipinski definition) is 1. The third kappa shape index (κ3) is 5.37. The Bertz CT molecular complexity index is 182. The molecular formula is C10H19F3N2. The van der Waals surface area contributed by atoms with Crippen LogP contribution in [-0.2, 0) is 0 Å². The highest BCUT2D eigenvalue weighted by Gasteiger charge is 2.32. The molecule has 0 radical (unpaired) electrons. The Hall–Kier alpha value is -0.290. The molecule has 1 aliphatic rings. The van der Waals surface area contributed by atoms with E-state index in [1.807, 2.05) is 7.05 Å². The van der Waals surface area contributed by atoms with Crippen molar-refractivity contribution < 1.29 is 13.2 Å². The molecule has 2 nitrogen and oxygen atoms in total. The highest BCUT2D eigenvalue weighted by atomic mass is 19.4. The van der Waals surface area contributed by atoms with Crippen LogP contribution in [0.4, 0.5) is 13.2 Å². The van der Waals surface area contributed by atoms with E-state index >= 15 is 0 Å². The average Bonchev–Trinajstić information content (AvgIpc) is 2.28. The Kier molecular flexibility index (Phi) is 4.86. The van der Waals surface area contributed by atoms with Crippen LogP contribution in [0.2, 0.25) is 0 Å². The molecule has 1 rings (SSSR count). The van der Waals surface area contributed by atoms with Gasteiger partial charge in [-0.25, -0.2) is 0 Å². The predicted molar refractivity (Wildman–Crippen MR) is 53.8 cm³/mol. The smallest absolute Gasteiger partial charge is 0.319 e. The van der Waals surface area contributed by atoms with Crippen molar-refractivity contribution in [2.75, 3.05) is 33.2 Å². The van der Waals surface area contributed by atoms with Gasteiger partial charge in [-0.1, -0.05) is 6.42 Å². The van der Waals surface area contributed by atoms with Crippen molar-refractivity contribution in [3.05, 3.63) is 0 Å². The molecule has 1 fully saturated rings. The maximum Gasteiger partial charge on any atom is 0.401 e. The second-order valence-corrected chi connectivity index (χ2v) is 4.27. The van der Waals surface area contributed by atoms with Crippen molar-refractivity contribution in [1.82, 2.24) is 10.2 Å². The molecule has 1 atom stereocenters. The number of alkyl halides is 3. The van der Waals surface area contributed by atoms with E-state index in [9.17, 15) is 13.2 Å². The molecule has 1 N–H and O–H groups in total. The molecule has 5 heteroatoms. The molecule has 90 valence electrons. The van der Waals surface area contributed by atoms with Crippen molar-refractivity contribution in [2.24, 2.45) is 5.92 Å². The second kappa shape index (κ2) is 5.70. The average molecular weight is 224 g/mol. The van der Waals surface area contributed by atoms with Gasteiger partial charge in [-0.2, -0.15) is 13.2 Å². The van der Waals surface area contributed by atoms with Crippen molar-refractivity contribution >= 4 is 0 Å². The van der Waals surface area contributed by atoms with Gasteiger partial charge in [-0.3, -0.25) is 4.90 Å². The molecule has 1 unspecified atom stereocenters. The largest absolute Gasteiger partial charge is 0.401 e. The van der Waals surface area contributed by atoms with Crippen LogP contribution >= 0.6 is 0 Å². The van der Waals surface area contributed by atoms with Gasteiger partial charge in [0.15, 0.2) is 0 Å². The lowest BCUT2D eigenvalue weighted by atomic mass is 10.0. The topological polar surface area (TPSA) is 15.3 Å². The van der Waals surface area contributed by atoms with E-state index in [1.165, 1.54) is 4.90 Å². The zero-order valence-electron chi connectivity index (χ0n) is 9.11. The summed E-state index contributed by atoms with van der Waals surface area (Å²) in [6.45, 7) is 1.21. The first-order valence-electron chi connectivity index (χ1n) is 5.45. The van der Waals surface area contributed by atoms with Gasteiger partial charge in [0, 0.05) is 6.54 Å². The fourth-order valence-corrected chi connectivity index (χ4v) is 2.17. The third-order valence-corrected chi connectivity index (χ3v) is 2.75. The quantitative estimate of drug-likeness (QED) is 0.787. The second-order valence-electron chi connectivity index (χ2n) is 4.27. The lowest BCUT2D eigenvalue weighted by Gasteiger charge is -2.25. The fourth-order valence-electron chi connectivity index (χ4n) is 2.17. The molecule has 0 aromatic heterocycles. The molecule has 1 aliphatic heterocycles. The highest BCUT2D eigenvalue weighted by Crippen LogP contribution is 2.21. The molecule has 0 aromatic carbocycles. The van der Waals surface area contributed by atoms with Gasteiger partial charge in [0.2, 0.25) is 0 Å². The van der Waals surface area contributed by atoms with Gasteiger partial charge in [-0.15, -0.1) is 0 Å². The molecule has 15 heavy (non-hydrogen) atoms. The summed E-state index contributed by atoms with van der Waals surface area (Å²) < 4.78 is 36.7. The van der Waals surface area contributed by atoms with Crippen molar-refractivity contribution in [3.8, 4) is 0 Å². The lowest BCUT2D eigenvalue weighted by Crippen LogP contribution is -2.38. The first-order valence-corrected chi connectivity index (χ1v) is 5.45. The summed E-state index contributed by atoms with van der Waals surface area (Å²) >= 11 is 0. The van der Waals surface area contributed by atoms with Gasteiger partial charge in [-0.05, 0) is 38.9 Å². The summed E-state index contributed by atoms with van der Waals surface area (Å²) in [5, 5.41) is 3.04. The van der Waals surface area contributed by atoms with Gasteiger partial charge < -0.3 is 5.32 Å². The minimum atomic E-state index is -4.06. The van der Waals surface area contributed by atoms with E-state index in [4.69, 9.17) is 0 Å². The van der Waals surface area contributed by atoms with E-state index in [0.29, 0.717) is 19.0 Å². The first kappa shape index (κ1) is 12.8. The van der Waals surface area contributed by atoms with E-state index in [1.54, 1.807) is 0 Å². The summed E-state index contributed by atoms with van der Waals surface area (Å²) in [6.07, 6.45) is -1.10. The van der Waals surface area contributed by atoms with Crippen LogP contribution in [0, 0.1) is 5.92 Å². The van der Waals surface area contributed by atoms with Gasteiger partial charge in [0.05, 0.1) is 6.54 Å². The molecule has 0 aromatic rings. The van der Waals surface area contributed by atoms with E-state index < -0.39 is 12.7 Å². The van der Waals surface area contributed by atoms with Crippen LogP contribution in [0.15, 0.2) is 0 Å². The van der Waals surface area contributed by atoms with Crippen LogP contribution in [0.1, 0.15) is 19.3 Å². The normalized spacial score (nSPS) is 25.2. The predicted octanol–water partition coefficient (Wildman–Crippen LogP) is 1.87. The Labute approximate surface area is 88.8 Å². The third-order valence-electron chi connectivity index (χ3n) is 2.75. The zero-order chi connectivity index (χ0) is 11.3. The standard InChI is InChI=1S/C10H19F3N2/c1-14-6-9-4-2-3-5-15(7-9)8-10(11,12)13/h9,14H,2-8H2,1H3. The Morgan fingerprint density at radius 3 is 2.67 bits per heavy atom. The molecule has 0 amide bonds. The van der Waals surface area contributed by atoms with E-state index in [2.05, 4.69) is 5.32 Å². The Morgan fingerprint density at radius 1 is 1.33 bits per heavy atom. The van der Waals surface area contributed by atoms with Crippen molar-refractivity contribution in [2.45, 2.75) is 25.4 Å². The highest BCUT2D eigenvalue weighted by molar-refractivity contribution is 4.74. The van der Waals surface area contributed by atoms with Gasteiger partial charge >= 0.3 is 6.18 Å². The molecule has 1 saturated heterocycles. The van der Waals surface area contributed by atoms with Crippen LogP contribution in [0.3, 0.4) is 0 Å². The monoisotopic (exact) mass is 224 g/mol. The van der Waals surface area contributed by atoms with Crippen LogP contribution < -0.4 is 5.32 Å². The molecule has 0 bridgehead atoms. The molecule has 1 heterocycles. The summed E-state index contributed by atoms with van der Waals surface area (Å²) in [5.41, 5.74) is 0. The number of halogens is 3. The summed E-state index contributed by atoms with van der Waals surface area (Å²) in [7, 11) is 1.85. The number of nitrogens with zero attached hydrogens (tertiary/aromatic N) is 1. The van der Waals surface area contributed by atoms with Gasteiger partial charge in [0.1, 0.15) is 0 Å². The number of likely N-dealkylation sites (tertiary alicyclic amines) is 1. The van der Waals surface area contributed by atoms with Crippen LogP contribution in [0.5, 0.6) is 0 Å². The van der Waals surface area contributed by atoms with Crippen LogP contribution in [0.25, 0.3) is 0 Å². The maximum atomic E-state index is 12.2. The molecular weight excluding hydrogens is 205 g/mol. The minimum absolute atomic E-state index is 0.361. The van der Waals surface area contributed by atoms with Crippen molar-refractivity contribution in [3.63, 3.8) is 0 Å². The lowest BCUT2D eigenvalue weighted by molar-refractivity contribution is -0.146. The SMILES string of the molecule is CNCC1CCCCN(CC(F)(F)F)C1. The summed E-state index contributed by atoms with van der Waals surface area (Å²) in [6, 6.07) is 0. The summed E-state index contributed by atoms with van der Waals surface area (Å²) in [5.74, 6) is 0.361.